The molecule has 0 radical (unpaired) electrons. The first-order chi connectivity index (χ1) is 11.5. The van der Waals surface area contributed by atoms with E-state index < -0.39 is 0 Å². The molecule has 1 aliphatic heterocycles. The van der Waals surface area contributed by atoms with Gasteiger partial charge in [-0.1, -0.05) is 45.9 Å². The molecule has 24 heavy (non-hydrogen) atoms. The molecule has 1 saturated heterocycles. The van der Waals surface area contributed by atoms with Gasteiger partial charge in [0.15, 0.2) is 0 Å². The summed E-state index contributed by atoms with van der Waals surface area (Å²) < 4.78 is 0. The molecule has 0 aliphatic carbocycles. The average molecular weight is 350 g/mol. The number of nitrogens with zero attached hydrogens (tertiary/aromatic N) is 2. The van der Waals surface area contributed by atoms with E-state index in [1.165, 1.54) is 37.6 Å². The van der Waals surface area contributed by atoms with Crippen LogP contribution in [0.25, 0.3) is 0 Å². The molecule has 1 fully saturated rings. The van der Waals surface area contributed by atoms with Gasteiger partial charge in [-0.3, -0.25) is 4.90 Å². The standard InChI is InChI=1S/C20H35N3S/c1-17(2)14-22-10-12-23(13-11-22)15-19(21-18(3)4)16-24-20-8-6-5-7-9-20/h5-9,17-19,21H,10-16H2,1-4H3/t19-/m1/s1. The predicted molar refractivity (Wildman–Crippen MR) is 107 cm³/mol. The van der Waals surface area contributed by atoms with E-state index in [1.807, 2.05) is 11.8 Å². The van der Waals surface area contributed by atoms with Crippen molar-refractivity contribution in [2.24, 2.45) is 5.92 Å². The summed E-state index contributed by atoms with van der Waals surface area (Å²) in [5.74, 6) is 1.91. The molecule has 3 nitrogen and oxygen atoms in total. The fourth-order valence-corrected chi connectivity index (χ4v) is 4.27. The molecule has 0 bridgehead atoms. The second-order valence-corrected chi connectivity index (χ2v) is 8.73. The molecule has 1 aromatic rings. The minimum absolute atomic E-state index is 0.536. The highest BCUT2D eigenvalue weighted by molar-refractivity contribution is 7.99. The minimum Gasteiger partial charge on any atom is -0.310 e. The summed E-state index contributed by atoms with van der Waals surface area (Å²) in [4.78, 5) is 6.63. The summed E-state index contributed by atoms with van der Waals surface area (Å²) in [6.07, 6.45) is 0. The zero-order chi connectivity index (χ0) is 17.4. The quantitative estimate of drug-likeness (QED) is 0.688. The summed E-state index contributed by atoms with van der Waals surface area (Å²) in [6.45, 7) is 16.4. The number of benzene rings is 1. The third kappa shape index (κ3) is 7.56. The van der Waals surface area contributed by atoms with E-state index >= 15 is 0 Å². The Balaban J connectivity index is 1.78. The van der Waals surface area contributed by atoms with Gasteiger partial charge in [0.1, 0.15) is 0 Å². The molecular weight excluding hydrogens is 314 g/mol. The average Bonchev–Trinajstić information content (AvgIpc) is 2.54. The van der Waals surface area contributed by atoms with Crippen LogP contribution in [0.15, 0.2) is 35.2 Å². The Morgan fingerprint density at radius 3 is 2.04 bits per heavy atom. The van der Waals surface area contributed by atoms with E-state index in [2.05, 4.69) is 73.1 Å². The van der Waals surface area contributed by atoms with Crippen LogP contribution in [0.5, 0.6) is 0 Å². The normalized spacial score (nSPS) is 18.4. The van der Waals surface area contributed by atoms with Crippen LogP contribution in [0.3, 0.4) is 0 Å². The summed E-state index contributed by atoms with van der Waals surface area (Å²) >= 11 is 1.97. The van der Waals surface area contributed by atoms with Gasteiger partial charge in [0.05, 0.1) is 0 Å². The number of hydrogen-bond acceptors (Lipinski definition) is 4. The lowest BCUT2D eigenvalue weighted by molar-refractivity contribution is 0.115. The van der Waals surface area contributed by atoms with Gasteiger partial charge in [0.25, 0.3) is 0 Å². The molecule has 1 N–H and O–H groups in total. The minimum atomic E-state index is 0.536. The van der Waals surface area contributed by atoms with Gasteiger partial charge >= 0.3 is 0 Å². The van der Waals surface area contributed by atoms with Crippen LogP contribution >= 0.6 is 11.8 Å². The number of nitrogens with one attached hydrogen (secondary N) is 1. The summed E-state index contributed by atoms with van der Waals surface area (Å²) in [5, 5.41) is 3.76. The van der Waals surface area contributed by atoms with Crippen molar-refractivity contribution in [1.82, 2.24) is 15.1 Å². The van der Waals surface area contributed by atoms with Crippen molar-refractivity contribution in [1.29, 1.82) is 0 Å². The molecule has 0 amide bonds. The molecule has 0 unspecified atom stereocenters. The monoisotopic (exact) mass is 349 g/mol. The molecule has 1 heterocycles. The Hall–Kier alpha value is -0.550. The van der Waals surface area contributed by atoms with E-state index in [0.717, 1.165) is 18.2 Å². The fraction of sp³-hybridized carbons (Fsp3) is 0.700. The summed E-state index contributed by atoms with van der Waals surface area (Å²) in [7, 11) is 0. The van der Waals surface area contributed by atoms with Crippen molar-refractivity contribution in [3.05, 3.63) is 30.3 Å². The van der Waals surface area contributed by atoms with Crippen LogP contribution < -0.4 is 5.32 Å². The van der Waals surface area contributed by atoms with Crippen LogP contribution in [0.4, 0.5) is 0 Å². The highest BCUT2D eigenvalue weighted by atomic mass is 32.2. The Morgan fingerprint density at radius 2 is 1.50 bits per heavy atom. The number of piperazine rings is 1. The highest BCUT2D eigenvalue weighted by Gasteiger charge is 2.21. The Kier molecular flexibility index (Phi) is 8.60. The number of hydrogen-bond donors (Lipinski definition) is 1. The lowest BCUT2D eigenvalue weighted by Crippen LogP contribution is -2.52. The van der Waals surface area contributed by atoms with Crippen molar-refractivity contribution in [2.45, 2.75) is 44.7 Å². The van der Waals surface area contributed by atoms with Crippen LogP contribution in [0.1, 0.15) is 27.7 Å². The van der Waals surface area contributed by atoms with E-state index in [9.17, 15) is 0 Å². The van der Waals surface area contributed by atoms with Gasteiger partial charge in [-0.2, -0.15) is 0 Å². The molecule has 1 atom stereocenters. The van der Waals surface area contributed by atoms with E-state index in [-0.39, 0.29) is 0 Å². The number of rotatable bonds is 9. The van der Waals surface area contributed by atoms with Gasteiger partial charge in [0.2, 0.25) is 0 Å². The maximum atomic E-state index is 3.76. The van der Waals surface area contributed by atoms with Crippen molar-refractivity contribution in [3.8, 4) is 0 Å². The molecule has 0 saturated carbocycles. The molecule has 1 aliphatic rings. The first-order valence-corrected chi connectivity index (χ1v) is 10.4. The van der Waals surface area contributed by atoms with Crippen molar-refractivity contribution in [2.75, 3.05) is 45.0 Å². The molecule has 136 valence electrons. The van der Waals surface area contributed by atoms with Crippen LogP contribution in [-0.2, 0) is 0 Å². The maximum Gasteiger partial charge on any atom is 0.0291 e. The second-order valence-electron chi connectivity index (χ2n) is 7.64. The second kappa shape index (κ2) is 10.4. The Bertz CT molecular complexity index is 441. The zero-order valence-electron chi connectivity index (χ0n) is 15.9. The largest absolute Gasteiger partial charge is 0.310 e. The zero-order valence-corrected chi connectivity index (χ0v) is 16.7. The first-order valence-electron chi connectivity index (χ1n) is 9.41. The molecule has 4 heteroatoms. The third-order valence-electron chi connectivity index (χ3n) is 4.33. The molecule has 1 aromatic carbocycles. The van der Waals surface area contributed by atoms with Gasteiger partial charge in [0, 0.05) is 62.0 Å². The third-order valence-corrected chi connectivity index (χ3v) is 5.50. The predicted octanol–water partition coefficient (Wildman–Crippen LogP) is 3.42. The maximum absolute atomic E-state index is 3.76. The first kappa shape index (κ1) is 19.8. The lowest BCUT2D eigenvalue weighted by Gasteiger charge is -2.37. The fourth-order valence-electron chi connectivity index (χ4n) is 3.32. The van der Waals surface area contributed by atoms with Crippen molar-refractivity contribution in [3.63, 3.8) is 0 Å². The van der Waals surface area contributed by atoms with Gasteiger partial charge in [-0.25, -0.2) is 0 Å². The molecule has 0 spiro atoms. The highest BCUT2D eigenvalue weighted by Crippen LogP contribution is 2.19. The topological polar surface area (TPSA) is 18.5 Å². The van der Waals surface area contributed by atoms with E-state index in [4.69, 9.17) is 0 Å². The Labute approximate surface area is 153 Å². The van der Waals surface area contributed by atoms with E-state index in [1.54, 1.807) is 0 Å². The SMILES string of the molecule is CC(C)CN1CCN(C[C@H](CSc2ccccc2)NC(C)C)CC1. The summed E-state index contributed by atoms with van der Waals surface area (Å²) in [5.41, 5.74) is 0. The Morgan fingerprint density at radius 1 is 0.917 bits per heavy atom. The lowest BCUT2D eigenvalue weighted by atomic mass is 10.2. The van der Waals surface area contributed by atoms with E-state index in [0.29, 0.717) is 12.1 Å². The van der Waals surface area contributed by atoms with Crippen LogP contribution in [-0.4, -0.2) is 66.9 Å². The summed E-state index contributed by atoms with van der Waals surface area (Å²) in [6, 6.07) is 11.8. The van der Waals surface area contributed by atoms with Crippen LogP contribution in [0, 0.1) is 5.92 Å². The van der Waals surface area contributed by atoms with Crippen molar-refractivity contribution >= 4 is 11.8 Å². The molecular formula is C20H35N3S. The molecule has 2 rings (SSSR count). The van der Waals surface area contributed by atoms with Crippen molar-refractivity contribution < 1.29 is 0 Å². The van der Waals surface area contributed by atoms with Crippen LogP contribution in [0.2, 0.25) is 0 Å². The molecule has 0 aromatic heterocycles. The smallest absolute Gasteiger partial charge is 0.0291 e. The van der Waals surface area contributed by atoms with Gasteiger partial charge in [-0.05, 0) is 18.1 Å². The van der Waals surface area contributed by atoms with Gasteiger partial charge < -0.3 is 10.2 Å². The van der Waals surface area contributed by atoms with Gasteiger partial charge in [-0.15, -0.1) is 11.8 Å². The number of thioether (sulfide) groups is 1.